The molecule has 100 valence electrons. The van der Waals surface area contributed by atoms with Crippen LogP contribution < -0.4 is 5.32 Å². The summed E-state index contributed by atoms with van der Waals surface area (Å²) < 4.78 is 39.2. The number of hydrogen-bond donors (Lipinski definition) is 1. The van der Waals surface area contributed by atoms with Crippen LogP contribution in [0.25, 0.3) is 0 Å². The third-order valence-corrected chi connectivity index (χ3v) is 5.02. The number of sulfonamides is 1. The van der Waals surface area contributed by atoms with E-state index in [9.17, 15) is 12.8 Å². The second-order valence-corrected chi connectivity index (χ2v) is 6.52. The van der Waals surface area contributed by atoms with E-state index in [1.165, 1.54) is 29.6 Å². The Labute approximate surface area is 107 Å². The van der Waals surface area contributed by atoms with E-state index < -0.39 is 15.8 Å². The molecule has 0 bridgehead atoms. The van der Waals surface area contributed by atoms with Crippen molar-refractivity contribution in [3.05, 3.63) is 30.1 Å². The lowest BCUT2D eigenvalue weighted by molar-refractivity contribution is 0.414. The third-order valence-electron chi connectivity index (χ3n) is 3.16. The Morgan fingerprint density at radius 3 is 2.78 bits per heavy atom. The Morgan fingerprint density at radius 1 is 1.44 bits per heavy atom. The van der Waals surface area contributed by atoms with Gasteiger partial charge in [0.05, 0.1) is 0 Å². The van der Waals surface area contributed by atoms with Gasteiger partial charge in [0, 0.05) is 19.6 Å². The lowest BCUT2D eigenvalue weighted by Gasteiger charge is -2.21. The third kappa shape index (κ3) is 2.71. The molecule has 0 aliphatic carbocycles. The summed E-state index contributed by atoms with van der Waals surface area (Å²) in [6.45, 7) is 1.29. The molecule has 1 aromatic rings. The van der Waals surface area contributed by atoms with Crippen LogP contribution in [0.1, 0.15) is 12.8 Å². The summed E-state index contributed by atoms with van der Waals surface area (Å²) in [5.41, 5.74) is 0. The number of nitrogens with zero attached hydrogens (tertiary/aromatic N) is 1. The highest BCUT2D eigenvalue weighted by atomic mass is 32.2. The molecule has 1 saturated heterocycles. The maximum atomic E-state index is 13.5. The van der Waals surface area contributed by atoms with Crippen molar-refractivity contribution in [3.8, 4) is 0 Å². The largest absolute Gasteiger partial charge is 0.313 e. The predicted molar refractivity (Wildman–Crippen MR) is 67.2 cm³/mol. The molecule has 18 heavy (non-hydrogen) atoms. The first-order valence-corrected chi connectivity index (χ1v) is 7.40. The summed E-state index contributed by atoms with van der Waals surface area (Å²) in [6, 6.07) is 5.62. The lowest BCUT2D eigenvalue weighted by atomic mass is 10.2. The van der Waals surface area contributed by atoms with E-state index in [1.807, 2.05) is 0 Å². The molecule has 1 aliphatic rings. The van der Waals surface area contributed by atoms with Crippen molar-refractivity contribution >= 4 is 10.0 Å². The number of nitrogens with one attached hydrogen (secondary N) is 1. The fourth-order valence-corrected chi connectivity index (χ4v) is 3.42. The quantitative estimate of drug-likeness (QED) is 0.896. The Bertz CT molecular complexity index is 513. The van der Waals surface area contributed by atoms with Crippen LogP contribution in [0.15, 0.2) is 29.2 Å². The second kappa shape index (κ2) is 5.34. The summed E-state index contributed by atoms with van der Waals surface area (Å²) in [7, 11) is -2.25. The molecular weight excluding hydrogens is 255 g/mol. The number of hydrogen-bond acceptors (Lipinski definition) is 3. The van der Waals surface area contributed by atoms with E-state index >= 15 is 0 Å². The molecule has 1 N–H and O–H groups in total. The molecule has 2 rings (SSSR count). The normalized spacial score (nSPS) is 20.5. The van der Waals surface area contributed by atoms with Gasteiger partial charge in [0.2, 0.25) is 10.0 Å². The Kier molecular flexibility index (Phi) is 3.99. The van der Waals surface area contributed by atoms with Crippen molar-refractivity contribution < 1.29 is 12.8 Å². The van der Waals surface area contributed by atoms with Crippen LogP contribution in [0.4, 0.5) is 4.39 Å². The van der Waals surface area contributed by atoms with Crippen molar-refractivity contribution in [2.45, 2.75) is 23.8 Å². The molecule has 4 nitrogen and oxygen atoms in total. The standard InChI is InChI=1S/C12H17FN2O2S/c1-15(9-10-5-4-8-14-10)18(16,17)12-7-3-2-6-11(12)13/h2-3,6-7,10,14H,4-5,8-9H2,1H3. The van der Waals surface area contributed by atoms with Gasteiger partial charge >= 0.3 is 0 Å². The molecule has 1 fully saturated rings. The molecule has 0 saturated carbocycles. The molecule has 1 aromatic carbocycles. The first kappa shape index (κ1) is 13.5. The molecule has 0 amide bonds. The number of rotatable bonds is 4. The van der Waals surface area contributed by atoms with Gasteiger partial charge in [-0.3, -0.25) is 0 Å². The molecule has 0 aromatic heterocycles. The van der Waals surface area contributed by atoms with Crippen LogP contribution in [0.5, 0.6) is 0 Å². The van der Waals surface area contributed by atoms with Gasteiger partial charge < -0.3 is 5.32 Å². The zero-order valence-electron chi connectivity index (χ0n) is 10.3. The van der Waals surface area contributed by atoms with E-state index in [1.54, 1.807) is 0 Å². The predicted octanol–water partition coefficient (Wildman–Crippen LogP) is 1.20. The minimum absolute atomic E-state index is 0.163. The molecule has 0 radical (unpaired) electrons. The molecule has 1 unspecified atom stereocenters. The maximum absolute atomic E-state index is 13.5. The van der Waals surface area contributed by atoms with Gasteiger partial charge in [-0.1, -0.05) is 12.1 Å². The molecule has 0 spiro atoms. The summed E-state index contributed by atoms with van der Waals surface area (Å²) in [4.78, 5) is -0.259. The van der Waals surface area contributed by atoms with Crippen LogP contribution in [-0.4, -0.2) is 38.9 Å². The molecule has 6 heteroatoms. The number of halogens is 1. The minimum atomic E-state index is -3.74. The van der Waals surface area contributed by atoms with E-state index in [2.05, 4.69) is 5.32 Å². The first-order chi connectivity index (χ1) is 8.51. The van der Waals surface area contributed by atoms with E-state index in [0.29, 0.717) is 6.54 Å². The summed E-state index contributed by atoms with van der Waals surface area (Å²) in [5, 5.41) is 3.23. The van der Waals surface area contributed by atoms with Gasteiger partial charge in [0.15, 0.2) is 0 Å². The van der Waals surface area contributed by atoms with Crippen LogP contribution in [0.2, 0.25) is 0 Å². The molecule has 1 aliphatic heterocycles. The van der Waals surface area contributed by atoms with Crippen LogP contribution in [0, 0.1) is 5.82 Å². The number of benzene rings is 1. The summed E-state index contributed by atoms with van der Waals surface area (Å²) >= 11 is 0. The monoisotopic (exact) mass is 272 g/mol. The topological polar surface area (TPSA) is 49.4 Å². The maximum Gasteiger partial charge on any atom is 0.245 e. The number of likely N-dealkylation sites (N-methyl/N-ethyl adjacent to an activating group) is 1. The summed E-state index contributed by atoms with van der Waals surface area (Å²) in [5.74, 6) is -0.705. The average Bonchev–Trinajstić information content (AvgIpc) is 2.82. The van der Waals surface area contributed by atoms with Gasteiger partial charge in [-0.05, 0) is 31.5 Å². The van der Waals surface area contributed by atoms with E-state index in [4.69, 9.17) is 0 Å². The Balaban J connectivity index is 2.17. The Morgan fingerprint density at radius 2 is 2.17 bits per heavy atom. The highest BCUT2D eigenvalue weighted by Crippen LogP contribution is 2.19. The van der Waals surface area contributed by atoms with Crippen LogP contribution >= 0.6 is 0 Å². The van der Waals surface area contributed by atoms with Gasteiger partial charge in [-0.2, -0.15) is 4.31 Å². The Hall–Kier alpha value is -0.980. The van der Waals surface area contributed by atoms with Crippen molar-refractivity contribution in [3.63, 3.8) is 0 Å². The first-order valence-electron chi connectivity index (χ1n) is 5.96. The second-order valence-electron chi connectivity index (χ2n) is 4.51. The van der Waals surface area contributed by atoms with Gasteiger partial charge in [0.1, 0.15) is 10.7 Å². The van der Waals surface area contributed by atoms with Crippen molar-refractivity contribution in [1.29, 1.82) is 0 Å². The van der Waals surface area contributed by atoms with Gasteiger partial charge in [0.25, 0.3) is 0 Å². The van der Waals surface area contributed by atoms with Crippen LogP contribution in [0.3, 0.4) is 0 Å². The lowest BCUT2D eigenvalue weighted by Crippen LogP contribution is -2.38. The van der Waals surface area contributed by atoms with Gasteiger partial charge in [-0.15, -0.1) is 0 Å². The fraction of sp³-hybridized carbons (Fsp3) is 0.500. The van der Waals surface area contributed by atoms with Crippen molar-refractivity contribution in [2.75, 3.05) is 20.1 Å². The molecule has 1 heterocycles. The van der Waals surface area contributed by atoms with Gasteiger partial charge in [-0.25, -0.2) is 12.8 Å². The SMILES string of the molecule is CN(CC1CCCN1)S(=O)(=O)c1ccccc1F. The minimum Gasteiger partial charge on any atom is -0.313 e. The average molecular weight is 272 g/mol. The molecular formula is C12H17FN2O2S. The van der Waals surface area contributed by atoms with E-state index in [-0.39, 0.29) is 10.9 Å². The van der Waals surface area contributed by atoms with Crippen LogP contribution in [-0.2, 0) is 10.0 Å². The fourth-order valence-electron chi connectivity index (χ4n) is 2.14. The van der Waals surface area contributed by atoms with Crippen molar-refractivity contribution in [1.82, 2.24) is 9.62 Å². The smallest absolute Gasteiger partial charge is 0.245 e. The summed E-state index contributed by atoms with van der Waals surface area (Å²) in [6.07, 6.45) is 2.01. The van der Waals surface area contributed by atoms with Crippen molar-refractivity contribution in [2.24, 2.45) is 0 Å². The zero-order chi connectivity index (χ0) is 13.2. The molecule has 1 atom stereocenters. The van der Waals surface area contributed by atoms with E-state index in [0.717, 1.165) is 25.5 Å². The zero-order valence-corrected chi connectivity index (χ0v) is 11.1. The highest BCUT2D eigenvalue weighted by molar-refractivity contribution is 7.89. The highest BCUT2D eigenvalue weighted by Gasteiger charge is 2.27.